The summed E-state index contributed by atoms with van der Waals surface area (Å²) < 4.78 is 10.6. The molecular weight excluding hydrogens is 286 g/mol. The first-order valence-electron chi connectivity index (χ1n) is 7.00. The van der Waals surface area contributed by atoms with Crippen LogP contribution in [-0.4, -0.2) is 36.7 Å². The van der Waals surface area contributed by atoms with E-state index in [1.165, 1.54) is 7.11 Å². The van der Waals surface area contributed by atoms with Crippen LogP contribution in [0.3, 0.4) is 0 Å². The van der Waals surface area contributed by atoms with Gasteiger partial charge in [0, 0.05) is 11.6 Å². The van der Waals surface area contributed by atoms with E-state index in [2.05, 4.69) is 11.9 Å². The number of carbonyl (C=O) groups excluding carboxylic acids is 1. The van der Waals surface area contributed by atoms with Gasteiger partial charge in [-0.3, -0.25) is 9.59 Å². The van der Waals surface area contributed by atoms with E-state index in [1.807, 2.05) is 0 Å². The standard InChI is InChI=1S/C16H19NO5/c1-3-6-22-13-5-4-10(9-14(13)21-2)15(18)17-12-7-11(8-12)16(19)20/h3-5,9,11-12H,1,6-8H2,2H3,(H,17,18)(H,19,20). The number of carboxylic acid groups (broad SMARTS) is 1. The molecule has 0 saturated heterocycles. The molecule has 22 heavy (non-hydrogen) atoms. The third kappa shape index (κ3) is 3.58. The highest BCUT2D eigenvalue weighted by atomic mass is 16.5. The van der Waals surface area contributed by atoms with Crippen molar-refractivity contribution in [2.45, 2.75) is 18.9 Å². The Labute approximate surface area is 128 Å². The summed E-state index contributed by atoms with van der Waals surface area (Å²) in [4.78, 5) is 22.9. The molecule has 0 bridgehead atoms. The average molecular weight is 305 g/mol. The molecule has 1 aliphatic carbocycles. The molecule has 0 unspecified atom stereocenters. The van der Waals surface area contributed by atoms with E-state index in [4.69, 9.17) is 14.6 Å². The predicted octanol–water partition coefficient (Wildman–Crippen LogP) is 1.85. The molecule has 2 N–H and O–H groups in total. The van der Waals surface area contributed by atoms with Gasteiger partial charge in [-0.05, 0) is 31.0 Å². The molecule has 1 aromatic rings. The first-order valence-corrected chi connectivity index (χ1v) is 7.00. The molecule has 6 nitrogen and oxygen atoms in total. The van der Waals surface area contributed by atoms with Crippen LogP contribution in [0.1, 0.15) is 23.2 Å². The number of hydrogen-bond donors (Lipinski definition) is 2. The second-order valence-corrected chi connectivity index (χ2v) is 5.14. The average Bonchev–Trinajstić information content (AvgIpc) is 2.47. The second-order valence-electron chi connectivity index (χ2n) is 5.14. The van der Waals surface area contributed by atoms with Crippen molar-refractivity contribution in [3.63, 3.8) is 0 Å². The smallest absolute Gasteiger partial charge is 0.306 e. The van der Waals surface area contributed by atoms with Crippen molar-refractivity contribution in [3.05, 3.63) is 36.4 Å². The van der Waals surface area contributed by atoms with Crippen LogP contribution in [-0.2, 0) is 4.79 Å². The van der Waals surface area contributed by atoms with Crippen molar-refractivity contribution < 1.29 is 24.2 Å². The number of methoxy groups -OCH3 is 1. The zero-order valence-corrected chi connectivity index (χ0v) is 12.4. The highest BCUT2D eigenvalue weighted by Crippen LogP contribution is 2.30. The molecule has 6 heteroatoms. The Balaban J connectivity index is 1.98. The highest BCUT2D eigenvalue weighted by Gasteiger charge is 2.35. The molecule has 2 rings (SSSR count). The fourth-order valence-electron chi connectivity index (χ4n) is 2.28. The molecule has 0 aliphatic heterocycles. The normalized spacial score (nSPS) is 19.7. The summed E-state index contributed by atoms with van der Waals surface area (Å²) >= 11 is 0. The van der Waals surface area contributed by atoms with E-state index < -0.39 is 5.97 Å². The summed E-state index contributed by atoms with van der Waals surface area (Å²) in [6.07, 6.45) is 2.56. The van der Waals surface area contributed by atoms with Crippen LogP contribution in [0, 0.1) is 5.92 Å². The van der Waals surface area contributed by atoms with Gasteiger partial charge in [-0.15, -0.1) is 0 Å². The Morgan fingerprint density at radius 3 is 2.73 bits per heavy atom. The lowest BCUT2D eigenvalue weighted by molar-refractivity contribution is -0.145. The van der Waals surface area contributed by atoms with E-state index in [0.29, 0.717) is 36.5 Å². The van der Waals surface area contributed by atoms with Gasteiger partial charge in [0.2, 0.25) is 0 Å². The van der Waals surface area contributed by atoms with Crippen molar-refractivity contribution in [1.29, 1.82) is 0 Å². The fraction of sp³-hybridized carbons (Fsp3) is 0.375. The molecule has 1 fully saturated rings. The third-order valence-electron chi connectivity index (χ3n) is 3.61. The van der Waals surface area contributed by atoms with Crippen LogP contribution in [0.4, 0.5) is 0 Å². The van der Waals surface area contributed by atoms with Gasteiger partial charge in [-0.25, -0.2) is 0 Å². The Hall–Kier alpha value is -2.50. The van der Waals surface area contributed by atoms with Crippen LogP contribution in [0.2, 0.25) is 0 Å². The lowest BCUT2D eigenvalue weighted by atomic mass is 9.80. The van der Waals surface area contributed by atoms with Gasteiger partial charge in [0.15, 0.2) is 11.5 Å². The van der Waals surface area contributed by atoms with E-state index in [0.717, 1.165) is 0 Å². The van der Waals surface area contributed by atoms with Gasteiger partial charge in [-0.1, -0.05) is 12.7 Å². The Kier molecular flexibility index (Phi) is 5.04. The molecule has 0 radical (unpaired) electrons. The highest BCUT2D eigenvalue weighted by molar-refractivity contribution is 5.95. The zero-order chi connectivity index (χ0) is 16.1. The van der Waals surface area contributed by atoms with Crippen molar-refractivity contribution in [2.24, 2.45) is 5.92 Å². The van der Waals surface area contributed by atoms with Crippen molar-refractivity contribution in [3.8, 4) is 11.5 Å². The number of benzene rings is 1. The number of rotatable bonds is 7. The van der Waals surface area contributed by atoms with Crippen LogP contribution < -0.4 is 14.8 Å². The second kappa shape index (κ2) is 6.98. The minimum Gasteiger partial charge on any atom is -0.493 e. The maximum atomic E-state index is 12.1. The lowest BCUT2D eigenvalue weighted by Gasteiger charge is -2.32. The van der Waals surface area contributed by atoms with Crippen molar-refractivity contribution in [2.75, 3.05) is 13.7 Å². The molecule has 0 spiro atoms. The zero-order valence-electron chi connectivity index (χ0n) is 12.4. The van der Waals surface area contributed by atoms with Gasteiger partial charge in [0.1, 0.15) is 6.61 Å². The summed E-state index contributed by atoms with van der Waals surface area (Å²) in [5.74, 6) is -0.409. The third-order valence-corrected chi connectivity index (χ3v) is 3.61. The summed E-state index contributed by atoms with van der Waals surface area (Å²) in [6.45, 7) is 3.92. The first-order chi connectivity index (χ1) is 10.5. The maximum absolute atomic E-state index is 12.1. The van der Waals surface area contributed by atoms with Crippen LogP contribution in [0.15, 0.2) is 30.9 Å². The molecule has 1 aromatic carbocycles. The molecule has 118 valence electrons. The van der Waals surface area contributed by atoms with E-state index in [-0.39, 0.29) is 17.9 Å². The number of carbonyl (C=O) groups is 2. The number of aliphatic carboxylic acids is 1. The van der Waals surface area contributed by atoms with Gasteiger partial charge in [0.05, 0.1) is 13.0 Å². The van der Waals surface area contributed by atoms with Crippen LogP contribution in [0.25, 0.3) is 0 Å². The van der Waals surface area contributed by atoms with Gasteiger partial charge < -0.3 is 19.9 Å². The van der Waals surface area contributed by atoms with Gasteiger partial charge in [0.25, 0.3) is 5.91 Å². The Bertz CT molecular complexity index is 578. The molecular formula is C16H19NO5. The van der Waals surface area contributed by atoms with Crippen LogP contribution in [0.5, 0.6) is 11.5 Å². The SMILES string of the molecule is C=CCOc1ccc(C(=O)NC2CC(C(=O)O)C2)cc1OC. The predicted molar refractivity (Wildman–Crippen MR) is 80.3 cm³/mol. The molecule has 1 aliphatic rings. The molecule has 0 heterocycles. The number of hydrogen-bond acceptors (Lipinski definition) is 4. The molecule has 1 saturated carbocycles. The Morgan fingerprint density at radius 2 is 2.14 bits per heavy atom. The minimum absolute atomic E-state index is 0.0868. The van der Waals surface area contributed by atoms with E-state index in [1.54, 1.807) is 24.3 Å². The maximum Gasteiger partial charge on any atom is 0.306 e. The summed E-state index contributed by atoms with van der Waals surface area (Å²) in [5.41, 5.74) is 0.446. The van der Waals surface area contributed by atoms with E-state index in [9.17, 15) is 9.59 Å². The number of nitrogens with one attached hydrogen (secondary N) is 1. The molecule has 1 amide bonds. The largest absolute Gasteiger partial charge is 0.493 e. The monoisotopic (exact) mass is 305 g/mol. The van der Waals surface area contributed by atoms with Crippen molar-refractivity contribution in [1.82, 2.24) is 5.32 Å². The van der Waals surface area contributed by atoms with Gasteiger partial charge in [-0.2, -0.15) is 0 Å². The summed E-state index contributed by atoms with van der Waals surface area (Å²) in [7, 11) is 1.50. The number of carboxylic acids is 1. The van der Waals surface area contributed by atoms with Crippen LogP contribution >= 0.6 is 0 Å². The molecule has 0 atom stereocenters. The summed E-state index contributed by atoms with van der Waals surface area (Å²) in [6, 6.07) is 4.82. The molecule has 0 aromatic heterocycles. The number of ether oxygens (including phenoxy) is 2. The Morgan fingerprint density at radius 1 is 1.41 bits per heavy atom. The van der Waals surface area contributed by atoms with Crippen molar-refractivity contribution >= 4 is 11.9 Å². The van der Waals surface area contributed by atoms with E-state index >= 15 is 0 Å². The lowest BCUT2D eigenvalue weighted by Crippen LogP contribution is -2.46. The first kappa shape index (κ1) is 15.9. The van der Waals surface area contributed by atoms with Gasteiger partial charge >= 0.3 is 5.97 Å². The fourth-order valence-corrected chi connectivity index (χ4v) is 2.28. The quantitative estimate of drug-likeness (QED) is 0.751. The number of amides is 1. The topological polar surface area (TPSA) is 84.9 Å². The minimum atomic E-state index is -0.809. The summed E-state index contributed by atoms with van der Waals surface area (Å²) in [5, 5.41) is 11.6.